The van der Waals surface area contributed by atoms with Crippen LogP contribution in [-0.2, 0) is 11.3 Å². The van der Waals surface area contributed by atoms with Gasteiger partial charge in [0.25, 0.3) is 0 Å². The number of hydrogen-bond donors (Lipinski definition) is 0. The van der Waals surface area contributed by atoms with Crippen LogP contribution in [0.15, 0.2) is 40.9 Å². The van der Waals surface area contributed by atoms with Gasteiger partial charge in [0.2, 0.25) is 0 Å². The summed E-state index contributed by atoms with van der Waals surface area (Å²) in [6.45, 7) is 4.76. The zero-order valence-corrected chi connectivity index (χ0v) is 22.4. The first-order chi connectivity index (χ1) is 17.5. The number of nitrogens with zero attached hydrogens (tertiary/aromatic N) is 3. The highest BCUT2D eigenvalue weighted by Gasteiger charge is 2.49. The lowest BCUT2D eigenvalue weighted by Gasteiger charge is -2.45. The van der Waals surface area contributed by atoms with E-state index in [0.29, 0.717) is 28.0 Å². The first kappa shape index (κ1) is 23.0. The molecule has 3 aliphatic rings. The second kappa shape index (κ2) is 8.73. The molecular weight excluding hydrogens is 513 g/mol. The van der Waals surface area contributed by atoms with Gasteiger partial charge in [0.15, 0.2) is 0 Å². The molecule has 2 aromatic carbocycles. The lowest BCUT2D eigenvalue weighted by Crippen LogP contribution is -2.44. The largest absolute Gasteiger partial charge is 0.373 e. The standard InChI is InChI=1S/C28H27Cl2N3O2S/c1-16-20-8-7-18(11-24(20)36-32-16)33-10-9-28(15-33)12-19(13-28)34-14-21-26(31-35-27(21)17-5-6-17)25-22(29)3-2-4-23(25)30/h2-4,7-8,11,17,19H,5-6,9-10,12-15H2,1H3. The Balaban J connectivity index is 1.03. The number of benzene rings is 2. The fraction of sp³-hybridized carbons (Fsp3) is 0.429. The zero-order chi connectivity index (χ0) is 24.4. The molecule has 186 valence electrons. The Bertz CT molecular complexity index is 1430. The molecule has 3 heterocycles. The third-order valence-electron chi connectivity index (χ3n) is 8.19. The molecule has 3 fully saturated rings. The molecule has 0 N–H and O–H groups in total. The summed E-state index contributed by atoms with van der Waals surface area (Å²) < 4.78 is 18.0. The maximum absolute atomic E-state index is 6.51. The lowest BCUT2D eigenvalue weighted by atomic mass is 9.66. The van der Waals surface area contributed by atoms with Gasteiger partial charge in [0, 0.05) is 41.2 Å². The first-order valence-electron chi connectivity index (χ1n) is 12.7. The van der Waals surface area contributed by atoms with Crippen LogP contribution in [0, 0.1) is 12.3 Å². The molecule has 0 atom stereocenters. The van der Waals surface area contributed by atoms with Crippen molar-refractivity contribution in [3.8, 4) is 11.3 Å². The van der Waals surface area contributed by atoms with Gasteiger partial charge in [-0.3, -0.25) is 0 Å². The Kier molecular flexibility index (Phi) is 5.58. The van der Waals surface area contributed by atoms with Crippen LogP contribution in [0.2, 0.25) is 10.0 Å². The van der Waals surface area contributed by atoms with E-state index < -0.39 is 0 Å². The van der Waals surface area contributed by atoms with E-state index in [1.807, 2.05) is 18.2 Å². The number of anilines is 1. The molecule has 2 aromatic heterocycles. The number of ether oxygens (including phenoxy) is 1. The second-order valence-electron chi connectivity index (χ2n) is 10.7. The number of aromatic nitrogens is 2. The monoisotopic (exact) mass is 539 g/mol. The van der Waals surface area contributed by atoms with Crippen molar-refractivity contribution in [1.29, 1.82) is 0 Å². The van der Waals surface area contributed by atoms with Gasteiger partial charge in [-0.1, -0.05) is 34.4 Å². The normalized spacial score (nSPS) is 23.6. The fourth-order valence-corrected chi connectivity index (χ4v) is 7.41. The van der Waals surface area contributed by atoms with Crippen molar-refractivity contribution in [3.05, 3.63) is 63.5 Å². The van der Waals surface area contributed by atoms with Crippen LogP contribution >= 0.6 is 34.7 Å². The quantitative estimate of drug-likeness (QED) is 0.248. The number of fused-ring (bicyclic) bond motifs is 1. The molecule has 4 aromatic rings. The maximum Gasteiger partial charge on any atom is 0.145 e. The Labute approximate surface area is 224 Å². The average molecular weight is 541 g/mol. The Morgan fingerprint density at radius 2 is 1.97 bits per heavy atom. The molecule has 1 saturated heterocycles. The highest BCUT2D eigenvalue weighted by atomic mass is 35.5. The third kappa shape index (κ3) is 3.94. The number of aryl methyl sites for hydroxylation is 1. The van der Waals surface area contributed by atoms with Crippen LogP contribution in [0.5, 0.6) is 0 Å². The first-order valence-corrected chi connectivity index (χ1v) is 14.2. The van der Waals surface area contributed by atoms with E-state index in [4.69, 9.17) is 32.5 Å². The SMILES string of the molecule is Cc1nsc2cc(N3CCC4(CC(OCc5c(-c6c(Cl)cccc6Cl)noc5C5CC5)C4)C3)ccc12. The maximum atomic E-state index is 6.51. The van der Waals surface area contributed by atoms with Gasteiger partial charge < -0.3 is 14.2 Å². The van der Waals surface area contributed by atoms with E-state index >= 15 is 0 Å². The molecule has 36 heavy (non-hydrogen) atoms. The van der Waals surface area contributed by atoms with Gasteiger partial charge in [-0.15, -0.1) is 0 Å². The van der Waals surface area contributed by atoms with Crippen molar-refractivity contribution in [2.75, 3.05) is 18.0 Å². The predicted octanol–water partition coefficient (Wildman–Crippen LogP) is 8.02. The molecule has 2 aliphatic carbocycles. The van der Waals surface area contributed by atoms with Crippen LogP contribution in [0.25, 0.3) is 21.3 Å². The molecule has 1 spiro atoms. The van der Waals surface area contributed by atoms with E-state index in [0.717, 1.165) is 67.0 Å². The van der Waals surface area contributed by atoms with Crippen LogP contribution < -0.4 is 4.90 Å². The summed E-state index contributed by atoms with van der Waals surface area (Å²) in [6.07, 6.45) is 5.93. The van der Waals surface area contributed by atoms with Crippen molar-refractivity contribution in [2.24, 2.45) is 5.41 Å². The lowest BCUT2D eigenvalue weighted by molar-refractivity contribution is -0.0796. The van der Waals surface area contributed by atoms with E-state index in [9.17, 15) is 0 Å². The summed E-state index contributed by atoms with van der Waals surface area (Å²) in [5.41, 5.74) is 5.26. The minimum atomic E-state index is 0.257. The summed E-state index contributed by atoms with van der Waals surface area (Å²) in [5, 5.41) is 6.83. The molecule has 8 heteroatoms. The van der Waals surface area contributed by atoms with E-state index in [1.165, 1.54) is 22.2 Å². The molecule has 0 bridgehead atoms. The van der Waals surface area contributed by atoms with Crippen molar-refractivity contribution in [3.63, 3.8) is 0 Å². The van der Waals surface area contributed by atoms with Gasteiger partial charge >= 0.3 is 0 Å². The predicted molar refractivity (Wildman–Crippen MR) is 145 cm³/mol. The zero-order valence-electron chi connectivity index (χ0n) is 20.1. The highest BCUT2D eigenvalue weighted by molar-refractivity contribution is 7.13. The van der Waals surface area contributed by atoms with Gasteiger partial charge in [-0.2, -0.15) is 4.37 Å². The molecule has 0 amide bonds. The summed E-state index contributed by atoms with van der Waals surface area (Å²) in [4.78, 5) is 2.54. The topological polar surface area (TPSA) is 51.4 Å². The minimum absolute atomic E-state index is 0.257. The summed E-state index contributed by atoms with van der Waals surface area (Å²) >= 11 is 14.6. The Hall–Kier alpha value is -2.12. The summed E-state index contributed by atoms with van der Waals surface area (Å²) in [5.74, 6) is 1.37. The van der Waals surface area contributed by atoms with Crippen LogP contribution in [0.1, 0.15) is 55.0 Å². The molecular formula is C28H27Cl2N3O2S. The van der Waals surface area contributed by atoms with Crippen LogP contribution in [0.4, 0.5) is 5.69 Å². The summed E-state index contributed by atoms with van der Waals surface area (Å²) in [7, 11) is 0. The van der Waals surface area contributed by atoms with Crippen LogP contribution in [-0.4, -0.2) is 28.7 Å². The number of hydrogen-bond acceptors (Lipinski definition) is 6. The highest BCUT2D eigenvalue weighted by Crippen LogP contribution is 2.51. The molecule has 2 saturated carbocycles. The van der Waals surface area contributed by atoms with Gasteiger partial charge in [0.1, 0.15) is 11.5 Å². The second-order valence-corrected chi connectivity index (χ2v) is 12.3. The Morgan fingerprint density at radius 3 is 2.75 bits per heavy atom. The minimum Gasteiger partial charge on any atom is -0.373 e. The van der Waals surface area contributed by atoms with Crippen molar-refractivity contribution >= 4 is 50.5 Å². The molecule has 0 unspecified atom stereocenters. The number of rotatable bonds is 6. The fourth-order valence-electron chi connectivity index (χ4n) is 6.01. The van der Waals surface area contributed by atoms with Gasteiger partial charge in [-0.05, 0) is 86.3 Å². The van der Waals surface area contributed by atoms with E-state index in [2.05, 4.69) is 39.6 Å². The molecule has 1 aliphatic heterocycles. The molecule has 5 nitrogen and oxygen atoms in total. The Morgan fingerprint density at radius 1 is 1.17 bits per heavy atom. The van der Waals surface area contributed by atoms with Gasteiger partial charge in [0.05, 0.1) is 33.1 Å². The number of halogens is 2. The van der Waals surface area contributed by atoms with Crippen molar-refractivity contribution in [1.82, 2.24) is 9.53 Å². The smallest absolute Gasteiger partial charge is 0.145 e. The molecule has 0 radical (unpaired) electrons. The average Bonchev–Trinajstić information content (AvgIpc) is 3.28. The summed E-state index contributed by atoms with van der Waals surface area (Å²) in [6, 6.07) is 12.3. The van der Waals surface area contributed by atoms with Crippen molar-refractivity contribution < 1.29 is 9.26 Å². The van der Waals surface area contributed by atoms with E-state index in [1.54, 1.807) is 11.5 Å². The molecule has 7 rings (SSSR count). The van der Waals surface area contributed by atoms with Crippen molar-refractivity contribution in [2.45, 2.75) is 57.7 Å². The van der Waals surface area contributed by atoms with Crippen LogP contribution in [0.3, 0.4) is 0 Å². The third-order valence-corrected chi connectivity index (χ3v) is 9.72. The van der Waals surface area contributed by atoms with E-state index in [-0.39, 0.29) is 6.10 Å². The van der Waals surface area contributed by atoms with Gasteiger partial charge in [-0.25, -0.2) is 0 Å².